The fraction of sp³-hybridized carbons (Fsp3) is 0.385. The first-order chi connectivity index (χ1) is 18.4. The molecule has 1 heterocycles. The number of halogens is 5. The third-order valence-corrected chi connectivity index (χ3v) is 6.80. The molecule has 8 nitrogen and oxygen atoms in total. The number of carboxylic acid groups (broad SMARTS) is 1. The molecule has 4 rings (SSSR count). The van der Waals surface area contributed by atoms with Gasteiger partial charge in [0.15, 0.2) is 0 Å². The van der Waals surface area contributed by atoms with E-state index >= 15 is 0 Å². The Morgan fingerprint density at radius 3 is 2.15 bits per heavy atom. The highest BCUT2D eigenvalue weighted by Crippen LogP contribution is 2.28. The highest BCUT2D eigenvalue weighted by Gasteiger charge is 2.38. The van der Waals surface area contributed by atoms with Crippen LogP contribution < -0.4 is 15.5 Å². The number of nitrogens with zero attached hydrogens (tertiary/aromatic N) is 3. The Hall–Kier alpha value is -3.31. The van der Waals surface area contributed by atoms with Crippen LogP contribution in [0.4, 0.5) is 24.9 Å². The Bertz CT molecular complexity index is 1300. The quantitative estimate of drug-likeness (QED) is 0.324. The molecule has 3 N–H and O–H groups in total. The van der Waals surface area contributed by atoms with Crippen LogP contribution in [0.3, 0.4) is 0 Å². The predicted octanol–water partition coefficient (Wildman–Crippen LogP) is 6.04. The lowest BCUT2D eigenvalue weighted by Gasteiger charge is -2.29. The number of nitrogens with one attached hydrogen (secondary N) is 2. The molecule has 1 saturated carbocycles. The number of anilines is 2. The van der Waals surface area contributed by atoms with Crippen LogP contribution in [-0.2, 0) is 4.79 Å². The molecule has 210 valence electrons. The van der Waals surface area contributed by atoms with Crippen LogP contribution in [0.1, 0.15) is 36.0 Å². The number of benzene rings is 2. The van der Waals surface area contributed by atoms with Crippen LogP contribution in [0.5, 0.6) is 0 Å². The predicted molar refractivity (Wildman–Crippen MR) is 146 cm³/mol. The van der Waals surface area contributed by atoms with Crippen molar-refractivity contribution < 1.29 is 27.9 Å². The molecule has 1 fully saturated rings. The number of para-hydroxylation sites is 1. The van der Waals surface area contributed by atoms with Crippen molar-refractivity contribution in [1.29, 1.82) is 0 Å². The van der Waals surface area contributed by atoms with Crippen molar-refractivity contribution >= 4 is 57.7 Å². The van der Waals surface area contributed by atoms with E-state index in [2.05, 4.69) is 15.6 Å². The van der Waals surface area contributed by atoms with Gasteiger partial charge in [0.05, 0.1) is 21.1 Å². The molecule has 1 amide bonds. The molecule has 0 aliphatic heterocycles. The molecule has 13 heteroatoms. The van der Waals surface area contributed by atoms with E-state index in [1.165, 1.54) is 0 Å². The molecule has 0 atom stereocenters. The minimum atomic E-state index is -5.08. The normalized spacial score (nSPS) is 17.1. The monoisotopic (exact) mass is 585 g/mol. The van der Waals surface area contributed by atoms with Crippen molar-refractivity contribution in [2.24, 2.45) is 5.92 Å². The van der Waals surface area contributed by atoms with Gasteiger partial charge in [-0.25, -0.2) is 9.78 Å². The van der Waals surface area contributed by atoms with Gasteiger partial charge in [0.25, 0.3) is 5.91 Å². The van der Waals surface area contributed by atoms with Gasteiger partial charge >= 0.3 is 12.1 Å². The molecule has 0 spiro atoms. The van der Waals surface area contributed by atoms with Crippen molar-refractivity contribution in [2.75, 3.05) is 30.9 Å². The van der Waals surface area contributed by atoms with E-state index in [1.807, 2.05) is 43.3 Å². The van der Waals surface area contributed by atoms with Crippen molar-refractivity contribution in [1.82, 2.24) is 15.3 Å². The van der Waals surface area contributed by atoms with Crippen LogP contribution >= 0.6 is 23.2 Å². The summed E-state index contributed by atoms with van der Waals surface area (Å²) in [6.07, 6.45) is -1.21. The van der Waals surface area contributed by atoms with Gasteiger partial charge in [-0.1, -0.05) is 41.4 Å². The van der Waals surface area contributed by atoms with Crippen LogP contribution in [0.15, 0.2) is 42.5 Å². The second kappa shape index (κ2) is 13.2. The van der Waals surface area contributed by atoms with Crippen LogP contribution in [0, 0.1) is 5.92 Å². The van der Waals surface area contributed by atoms with Crippen LogP contribution in [0.25, 0.3) is 10.9 Å². The Balaban J connectivity index is 0.000000532. The third-order valence-electron chi connectivity index (χ3n) is 6.17. The molecule has 1 aliphatic rings. The molecule has 1 aliphatic carbocycles. The van der Waals surface area contributed by atoms with Gasteiger partial charge in [-0.3, -0.25) is 4.79 Å². The summed E-state index contributed by atoms with van der Waals surface area (Å²) in [6.45, 7) is 0.808. The summed E-state index contributed by atoms with van der Waals surface area (Å²) in [6, 6.07) is 13.3. The number of fused-ring (bicyclic) bond motifs is 1. The maximum Gasteiger partial charge on any atom is 0.490 e. The Morgan fingerprint density at radius 2 is 1.59 bits per heavy atom. The van der Waals surface area contributed by atoms with E-state index in [1.54, 1.807) is 18.2 Å². The van der Waals surface area contributed by atoms with Gasteiger partial charge in [-0.2, -0.15) is 18.2 Å². The standard InChI is InChI=1S/C24H27Cl2N5O.C2HF3O2/c1-31(2)22-17-6-3-4-9-20(17)29-24(30-22)27-14-15-10-12-16(13-11-15)28-23(32)21-18(25)7-5-8-19(21)26;3-2(4,5)1(6)7/h3-9,15-16H,10-14H2,1-2H3,(H,28,32)(H,27,29,30);(H,6,7). The van der Waals surface area contributed by atoms with Gasteiger partial charge in [-0.15, -0.1) is 0 Å². The van der Waals surface area contributed by atoms with Gasteiger partial charge in [0.1, 0.15) is 5.82 Å². The minimum absolute atomic E-state index is 0.128. The lowest BCUT2D eigenvalue weighted by Crippen LogP contribution is -2.38. The number of hydrogen-bond donors (Lipinski definition) is 3. The zero-order chi connectivity index (χ0) is 28.7. The Morgan fingerprint density at radius 1 is 1.00 bits per heavy atom. The second-order valence-corrected chi connectivity index (χ2v) is 10.1. The van der Waals surface area contributed by atoms with Crippen molar-refractivity contribution in [3.05, 3.63) is 58.1 Å². The van der Waals surface area contributed by atoms with E-state index in [-0.39, 0.29) is 11.9 Å². The molecular weight excluding hydrogens is 558 g/mol. The molecule has 3 aromatic rings. The maximum absolute atomic E-state index is 12.6. The van der Waals surface area contributed by atoms with E-state index < -0.39 is 12.1 Å². The largest absolute Gasteiger partial charge is 0.490 e. The molecule has 0 radical (unpaired) electrons. The lowest BCUT2D eigenvalue weighted by atomic mass is 9.86. The number of amides is 1. The molecule has 0 unspecified atom stereocenters. The van der Waals surface area contributed by atoms with Gasteiger partial charge in [0, 0.05) is 32.1 Å². The molecule has 1 aromatic heterocycles. The number of carboxylic acids is 1. The molecule has 0 saturated heterocycles. The first kappa shape index (κ1) is 30.2. The second-order valence-electron chi connectivity index (χ2n) is 9.25. The summed E-state index contributed by atoms with van der Waals surface area (Å²) in [5, 5.41) is 15.4. The average molecular weight is 586 g/mol. The fourth-order valence-electron chi connectivity index (χ4n) is 4.20. The molecule has 0 bridgehead atoms. The Labute approximate surface area is 233 Å². The zero-order valence-corrected chi connectivity index (χ0v) is 22.7. The first-order valence-electron chi connectivity index (χ1n) is 12.1. The summed E-state index contributed by atoms with van der Waals surface area (Å²) in [5.41, 5.74) is 1.28. The number of hydrogen-bond acceptors (Lipinski definition) is 6. The highest BCUT2D eigenvalue weighted by atomic mass is 35.5. The number of rotatable bonds is 6. The summed E-state index contributed by atoms with van der Waals surface area (Å²) in [5.74, 6) is -0.903. The molecule has 2 aromatic carbocycles. The van der Waals surface area contributed by atoms with E-state index in [0.29, 0.717) is 27.5 Å². The lowest BCUT2D eigenvalue weighted by molar-refractivity contribution is -0.192. The average Bonchev–Trinajstić information content (AvgIpc) is 2.87. The smallest absolute Gasteiger partial charge is 0.475 e. The Kier molecular flexibility index (Phi) is 10.2. The SMILES string of the molecule is CN(C)c1nc(NCC2CCC(NC(=O)c3c(Cl)cccc3Cl)CC2)nc2ccccc12.O=C(O)C(F)(F)F. The number of carbonyl (C=O) groups is 2. The number of aliphatic carboxylic acids is 1. The van der Waals surface area contributed by atoms with E-state index in [9.17, 15) is 18.0 Å². The fourth-order valence-corrected chi connectivity index (χ4v) is 4.77. The van der Waals surface area contributed by atoms with Gasteiger partial charge < -0.3 is 20.6 Å². The highest BCUT2D eigenvalue weighted by molar-refractivity contribution is 6.39. The van der Waals surface area contributed by atoms with Crippen molar-refractivity contribution in [3.8, 4) is 0 Å². The van der Waals surface area contributed by atoms with Crippen molar-refractivity contribution in [3.63, 3.8) is 0 Å². The number of alkyl halides is 3. The van der Waals surface area contributed by atoms with E-state index in [0.717, 1.165) is 48.9 Å². The molecular formula is C26H28Cl2F3N5O3. The van der Waals surface area contributed by atoms with Gasteiger partial charge in [0.2, 0.25) is 5.95 Å². The first-order valence-corrected chi connectivity index (χ1v) is 12.8. The summed E-state index contributed by atoms with van der Waals surface area (Å²) >= 11 is 12.3. The van der Waals surface area contributed by atoms with Gasteiger partial charge in [-0.05, 0) is 55.9 Å². The summed E-state index contributed by atoms with van der Waals surface area (Å²) < 4.78 is 31.7. The third kappa shape index (κ3) is 8.34. The minimum Gasteiger partial charge on any atom is -0.475 e. The molecule has 39 heavy (non-hydrogen) atoms. The topological polar surface area (TPSA) is 107 Å². The van der Waals surface area contributed by atoms with Crippen LogP contribution in [-0.4, -0.2) is 59.8 Å². The van der Waals surface area contributed by atoms with Crippen LogP contribution in [0.2, 0.25) is 10.0 Å². The maximum atomic E-state index is 12.6. The number of carbonyl (C=O) groups excluding carboxylic acids is 1. The summed E-state index contributed by atoms with van der Waals surface area (Å²) in [4.78, 5) is 32.9. The van der Waals surface area contributed by atoms with Crippen molar-refractivity contribution in [2.45, 2.75) is 37.9 Å². The van der Waals surface area contributed by atoms with E-state index in [4.69, 9.17) is 38.1 Å². The summed E-state index contributed by atoms with van der Waals surface area (Å²) in [7, 11) is 3.98. The zero-order valence-electron chi connectivity index (χ0n) is 21.2. The number of aromatic nitrogens is 2.